The maximum atomic E-state index is 12.6. The summed E-state index contributed by atoms with van der Waals surface area (Å²) < 4.78 is 0. The molecule has 1 aliphatic carbocycles. The highest BCUT2D eigenvalue weighted by molar-refractivity contribution is 7.15. The standard InChI is InChI=1S/C16H17N5OS/c1-8-5-6-10-12(7-8)23-16(19-10)21-14(22)9-3-2-4-11-13(9)20-15(17)18-11/h2-4,8H,5-7H2,1H3,(H3,17,18,20)(H,19,21,22). The Morgan fingerprint density at radius 1 is 1.43 bits per heavy atom. The Kier molecular flexibility index (Phi) is 3.30. The largest absolute Gasteiger partial charge is 0.369 e. The van der Waals surface area contributed by atoms with Crippen molar-refractivity contribution in [3.8, 4) is 0 Å². The average molecular weight is 327 g/mol. The van der Waals surface area contributed by atoms with Crippen molar-refractivity contribution in [2.45, 2.75) is 26.2 Å². The van der Waals surface area contributed by atoms with Gasteiger partial charge in [0, 0.05) is 4.88 Å². The number of carbonyl (C=O) groups is 1. The summed E-state index contributed by atoms with van der Waals surface area (Å²) in [5, 5.41) is 3.57. The first-order valence-electron chi connectivity index (χ1n) is 7.64. The van der Waals surface area contributed by atoms with Gasteiger partial charge in [0.25, 0.3) is 5.91 Å². The number of amides is 1. The normalized spacial score (nSPS) is 17.2. The number of nitrogen functional groups attached to an aromatic ring is 1. The molecular weight excluding hydrogens is 310 g/mol. The number of carbonyl (C=O) groups excluding carboxylic acids is 1. The number of H-pyrrole nitrogens is 1. The third kappa shape index (κ3) is 2.57. The smallest absolute Gasteiger partial charge is 0.259 e. The molecule has 23 heavy (non-hydrogen) atoms. The summed E-state index contributed by atoms with van der Waals surface area (Å²) in [5.74, 6) is 0.785. The van der Waals surface area contributed by atoms with Crippen LogP contribution in [0, 0.1) is 5.92 Å². The zero-order valence-corrected chi connectivity index (χ0v) is 13.5. The van der Waals surface area contributed by atoms with E-state index in [-0.39, 0.29) is 5.91 Å². The van der Waals surface area contributed by atoms with Gasteiger partial charge in [0.15, 0.2) is 11.1 Å². The number of aromatic nitrogens is 3. The van der Waals surface area contributed by atoms with E-state index in [1.807, 2.05) is 12.1 Å². The van der Waals surface area contributed by atoms with Gasteiger partial charge in [-0.1, -0.05) is 13.0 Å². The quantitative estimate of drug-likeness (QED) is 0.674. The lowest BCUT2D eigenvalue weighted by atomic mass is 9.93. The summed E-state index contributed by atoms with van der Waals surface area (Å²) in [7, 11) is 0. The van der Waals surface area contributed by atoms with Crippen molar-refractivity contribution >= 4 is 39.4 Å². The zero-order valence-electron chi connectivity index (χ0n) is 12.7. The molecule has 0 radical (unpaired) electrons. The van der Waals surface area contributed by atoms with Gasteiger partial charge in [-0.05, 0) is 37.3 Å². The number of aromatic amines is 1. The second-order valence-corrected chi connectivity index (χ2v) is 7.10. The summed E-state index contributed by atoms with van der Waals surface area (Å²) in [6, 6.07) is 5.40. The summed E-state index contributed by atoms with van der Waals surface area (Å²) >= 11 is 1.58. The van der Waals surface area contributed by atoms with Crippen LogP contribution in [0.4, 0.5) is 11.1 Å². The number of para-hydroxylation sites is 1. The van der Waals surface area contributed by atoms with Gasteiger partial charge in [0.2, 0.25) is 0 Å². The number of nitrogens with zero attached hydrogens (tertiary/aromatic N) is 2. The van der Waals surface area contributed by atoms with E-state index >= 15 is 0 Å². The number of aryl methyl sites for hydroxylation is 1. The van der Waals surface area contributed by atoms with Crippen LogP contribution in [0.25, 0.3) is 11.0 Å². The Labute approximate surface area is 137 Å². The lowest BCUT2D eigenvalue weighted by Crippen LogP contribution is -2.12. The molecular formula is C16H17N5OS. The van der Waals surface area contributed by atoms with E-state index in [0.29, 0.717) is 28.1 Å². The first-order valence-corrected chi connectivity index (χ1v) is 8.46. The highest BCUT2D eigenvalue weighted by Gasteiger charge is 2.21. The van der Waals surface area contributed by atoms with Crippen molar-refractivity contribution in [3.05, 3.63) is 34.3 Å². The number of nitrogens with one attached hydrogen (secondary N) is 2. The first kappa shape index (κ1) is 14.2. The Balaban J connectivity index is 1.62. The summed E-state index contributed by atoms with van der Waals surface area (Å²) in [6.45, 7) is 2.25. The van der Waals surface area contributed by atoms with Gasteiger partial charge in [0.05, 0.1) is 16.8 Å². The number of benzene rings is 1. The lowest BCUT2D eigenvalue weighted by molar-refractivity contribution is 0.102. The number of fused-ring (bicyclic) bond motifs is 2. The fraction of sp³-hybridized carbons (Fsp3) is 0.312. The molecule has 4 rings (SSSR count). The molecule has 0 bridgehead atoms. The molecule has 0 saturated carbocycles. The van der Waals surface area contributed by atoms with E-state index in [0.717, 1.165) is 30.5 Å². The molecule has 1 atom stereocenters. The fourth-order valence-corrected chi connectivity index (χ4v) is 4.16. The fourth-order valence-electron chi connectivity index (χ4n) is 2.99. The van der Waals surface area contributed by atoms with Crippen LogP contribution in [-0.2, 0) is 12.8 Å². The molecule has 1 unspecified atom stereocenters. The number of hydrogen-bond donors (Lipinski definition) is 3. The highest BCUT2D eigenvalue weighted by atomic mass is 32.1. The van der Waals surface area contributed by atoms with E-state index in [1.54, 1.807) is 17.4 Å². The van der Waals surface area contributed by atoms with Crippen molar-refractivity contribution in [1.82, 2.24) is 15.0 Å². The number of anilines is 2. The highest BCUT2D eigenvalue weighted by Crippen LogP contribution is 2.32. The molecule has 3 aromatic rings. The molecule has 0 spiro atoms. The number of rotatable bonds is 2. The third-order valence-electron chi connectivity index (χ3n) is 4.18. The van der Waals surface area contributed by atoms with Gasteiger partial charge >= 0.3 is 0 Å². The number of thiazole rings is 1. The topological polar surface area (TPSA) is 96.7 Å². The van der Waals surface area contributed by atoms with Crippen molar-refractivity contribution < 1.29 is 4.79 Å². The van der Waals surface area contributed by atoms with E-state index in [9.17, 15) is 4.79 Å². The summed E-state index contributed by atoms with van der Waals surface area (Å²) in [4.78, 5) is 25.6. The van der Waals surface area contributed by atoms with Crippen molar-refractivity contribution in [3.63, 3.8) is 0 Å². The SMILES string of the molecule is CC1CCc2nc(NC(=O)c3cccc4[nH]c(N)nc34)sc2C1. The Morgan fingerprint density at radius 3 is 3.17 bits per heavy atom. The van der Waals surface area contributed by atoms with Crippen LogP contribution >= 0.6 is 11.3 Å². The van der Waals surface area contributed by atoms with E-state index in [2.05, 4.69) is 27.2 Å². The summed E-state index contributed by atoms with van der Waals surface area (Å²) in [5.41, 5.74) is 8.64. The number of hydrogen-bond acceptors (Lipinski definition) is 5. The molecule has 1 aromatic carbocycles. The van der Waals surface area contributed by atoms with Crippen molar-refractivity contribution in [2.75, 3.05) is 11.1 Å². The average Bonchev–Trinajstić information content (AvgIpc) is 3.07. The van der Waals surface area contributed by atoms with Crippen LogP contribution < -0.4 is 11.1 Å². The predicted molar refractivity (Wildman–Crippen MR) is 91.8 cm³/mol. The van der Waals surface area contributed by atoms with Crippen LogP contribution in [0.15, 0.2) is 18.2 Å². The predicted octanol–water partition coefficient (Wildman–Crippen LogP) is 2.98. The molecule has 118 valence electrons. The molecule has 2 aromatic heterocycles. The Bertz CT molecular complexity index is 897. The maximum absolute atomic E-state index is 12.6. The van der Waals surface area contributed by atoms with Gasteiger partial charge in [-0.2, -0.15) is 0 Å². The number of nitrogens with two attached hydrogens (primary N) is 1. The second kappa shape index (κ2) is 5.34. The molecule has 1 aliphatic rings. The number of imidazole rings is 1. The lowest BCUT2D eigenvalue weighted by Gasteiger charge is -2.15. The second-order valence-electron chi connectivity index (χ2n) is 6.01. The molecule has 1 amide bonds. The van der Waals surface area contributed by atoms with E-state index in [1.165, 1.54) is 4.88 Å². The minimum atomic E-state index is -0.207. The van der Waals surface area contributed by atoms with Gasteiger partial charge in [0.1, 0.15) is 5.52 Å². The van der Waals surface area contributed by atoms with Gasteiger partial charge < -0.3 is 10.7 Å². The minimum absolute atomic E-state index is 0.207. The first-order chi connectivity index (χ1) is 11.1. The van der Waals surface area contributed by atoms with Crippen LogP contribution in [0.5, 0.6) is 0 Å². The zero-order chi connectivity index (χ0) is 16.0. The molecule has 7 heteroatoms. The molecule has 2 heterocycles. The van der Waals surface area contributed by atoms with Crippen LogP contribution in [0.2, 0.25) is 0 Å². The monoisotopic (exact) mass is 327 g/mol. The molecule has 6 nitrogen and oxygen atoms in total. The van der Waals surface area contributed by atoms with Gasteiger partial charge in [-0.25, -0.2) is 9.97 Å². The van der Waals surface area contributed by atoms with Crippen LogP contribution in [-0.4, -0.2) is 20.9 Å². The third-order valence-corrected chi connectivity index (χ3v) is 5.22. The van der Waals surface area contributed by atoms with E-state index < -0.39 is 0 Å². The Morgan fingerprint density at radius 2 is 2.30 bits per heavy atom. The van der Waals surface area contributed by atoms with Crippen molar-refractivity contribution in [1.29, 1.82) is 0 Å². The Hall–Kier alpha value is -2.41. The maximum Gasteiger partial charge on any atom is 0.259 e. The molecule has 0 fully saturated rings. The molecule has 0 aliphatic heterocycles. The molecule has 0 saturated heterocycles. The van der Waals surface area contributed by atoms with E-state index in [4.69, 9.17) is 5.73 Å². The van der Waals surface area contributed by atoms with Crippen LogP contribution in [0.3, 0.4) is 0 Å². The molecule has 4 N–H and O–H groups in total. The van der Waals surface area contributed by atoms with Crippen LogP contribution in [0.1, 0.15) is 34.3 Å². The minimum Gasteiger partial charge on any atom is -0.369 e. The van der Waals surface area contributed by atoms with Gasteiger partial charge in [-0.3, -0.25) is 10.1 Å². The summed E-state index contributed by atoms with van der Waals surface area (Å²) in [6.07, 6.45) is 3.21. The van der Waals surface area contributed by atoms with Gasteiger partial charge in [-0.15, -0.1) is 11.3 Å². The van der Waals surface area contributed by atoms with Crippen molar-refractivity contribution in [2.24, 2.45) is 5.92 Å².